The van der Waals surface area contributed by atoms with Crippen LogP contribution in [0.15, 0.2) is 18.2 Å². The molecule has 1 N–H and O–H groups in total. The van der Waals surface area contributed by atoms with Gasteiger partial charge in [-0.3, -0.25) is 9.59 Å². The van der Waals surface area contributed by atoms with Crippen molar-refractivity contribution in [2.45, 2.75) is 39.0 Å². The smallest absolute Gasteiger partial charge is 0.255 e. The van der Waals surface area contributed by atoms with Crippen molar-refractivity contribution in [3.05, 3.63) is 28.8 Å². The SMILES string of the molecule is CC(=O)Nc1ccc(Cl)c(C(=O)N(C)CCCN2CCCCCC2)c1. The molecule has 1 aromatic rings. The molecule has 0 unspecified atom stereocenters. The molecule has 0 radical (unpaired) electrons. The van der Waals surface area contributed by atoms with E-state index in [0.29, 0.717) is 22.8 Å². The number of nitrogens with one attached hydrogen (secondary N) is 1. The van der Waals surface area contributed by atoms with E-state index >= 15 is 0 Å². The maximum atomic E-state index is 12.7. The average Bonchev–Trinajstić information content (AvgIpc) is 2.84. The highest BCUT2D eigenvalue weighted by Gasteiger charge is 2.17. The van der Waals surface area contributed by atoms with E-state index < -0.39 is 0 Å². The number of anilines is 1. The largest absolute Gasteiger partial charge is 0.342 e. The van der Waals surface area contributed by atoms with Gasteiger partial charge < -0.3 is 15.1 Å². The quantitative estimate of drug-likeness (QED) is 0.837. The first-order valence-corrected chi connectivity index (χ1v) is 9.40. The lowest BCUT2D eigenvalue weighted by Gasteiger charge is -2.23. The van der Waals surface area contributed by atoms with Crippen LogP contribution < -0.4 is 5.32 Å². The molecule has 5 nitrogen and oxygen atoms in total. The lowest BCUT2D eigenvalue weighted by atomic mass is 10.1. The fraction of sp³-hybridized carbons (Fsp3) is 0.579. The topological polar surface area (TPSA) is 52.7 Å². The maximum Gasteiger partial charge on any atom is 0.255 e. The summed E-state index contributed by atoms with van der Waals surface area (Å²) in [5, 5.41) is 3.08. The van der Waals surface area contributed by atoms with Crippen LogP contribution in [0, 0.1) is 0 Å². The first-order chi connectivity index (χ1) is 12.0. The van der Waals surface area contributed by atoms with Gasteiger partial charge in [0.1, 0.15) is 0 Å². The second-order valence-corrected chi connectivity index (χ2v) is 7.12. The van der Waals surface area contributed by atoms with Crippen molar-refractivity contribution in [2.75, 3.05) is 38.5 Å². The van der Waals surface area contributed by atoms with Gasteiger partial charge in [0.2, 0.25) is 5.91 Å². The van der Waals surface area contributed by atoms with Crippen LogP contribution in [-0.2, 0) is 4.79 Å². The summed E-state index contributed by atoms with van der Waals surface area (Å²) in [6.07, 6.45) is 6.17. The molecule has 1 saturated heterocycles. The molecule has 1 aromatic carbocycles. The van der Waals surface area contributed by atoms with Gasteiger partial charge in [0, 0.05) is 26.2 Å². The Hall–Kier alpha value is -1.59. The summed E-state index contributed by atoms with van der Waals surface area (Å²) in [4.78, 5) is 28.0. The second kappa shape index (κ2) is 9.78. The number of rotatable bonds is 6. The summed E-state index contributed by atoms with van der Waals surface area (Å²) in [7, 11) is 1.80. The van der Waals surface area contributed by atoms with Gasteiger partial charge in [-0.2, -0.15) is 0 Å². The highest BCUT2D eigenvalue weighted by Crippen LogP contribution is 2.22. The predicted octanol–water partition coefficient (Wildman–Crippen LogP) is 3.64. The van der Waals surface area contributed by atoms with Crippen LogP contribution in [0.5, 0.6) is 0 Å². The predicted molar refractivity (Wildman–Crippen MR) is 102 cm³/mol. The van der Waals surface area contributed by atoms with Crippen molar-refractivity contribution < 1.29 is 9.59 Å². The van der Waals surface area contributed by atoms with Crippen LogP contribution in [0.3, 0.4) is 0 Å². The van der Waals surface area contributed by atoms with Crippen LogP contribution in [-0.4, -0.2) is 54.8 Å². The van der Waals surface area contributed by atoms with E-state index in [1.165, 1.54) is 45.7 Å². The van der Waals surface area contributed by atoms with Crippen molar-refractivity contribution in [3.8, 4) is 0 Å². The first-order valence-electron chi connectivity index (χ1n) is 9.02. The molecule has 0 atom stereocenters. The number of likely N-dealkylation sites (tertiary alicyclic amines) is 1. The molecule has 0 aliphatic carbocycles. The Bertz CT molecular complexity index is 598. The van der Waals surface area contributed by atoms with Gasteiger partial charge >= 0.3 is 0 Å². The normalized spacial score (nSPS) is 15.5. The molecule has 6 heteroatoms. The Balaban J connectivity index is 1.89. The standard InChI is InChI=1S/C19H28ClN3O2/c1-15(24)21-16-8-9-18(20)17(14-16)19(25)22(2)10-7-13-23-11-5-3-4-6-12-23/h8-9,14H,3-7,10-13H2,1-2H3,(H,21,24). The maximum absolute atomic E-state index is 12.7. The Morgan fingerprint density at radius 3 is 2.52 bits per heavy atom. The lowest BCUT2D eigenvalue weighted by molar-refractivity contribution is -0.114. The number of carbonyl (C=O) groups is 2. The molecule has 0 spiro atoms. The van der Waals surface area contributed by atoms with Gasteiger partial charge in [-0.05, 0) is 57.1 Å². The number of benzene rings is 1. The third-order valence-corrected chi connectivity index (χ3v) is 4.86. The Labute approximate surface area is 155 Å². The molecule has 1 aliphatic rings. The summed E-state index contributed by atoms with van der Waals surface area (Å²) in [6, 6.07) is 4.97. The molecular weight excluding hydrogens is 338 g/mol. The Morgan fingerprint density at radius 1 is 1.20 bits per heavy atom. The molecular formula is C19H28ClN3O2. The minimum atomic E-state index is -0.175. The Kier molecular flexibility index (Phi) is 7.72. The summed E-state index contributed by atoms with van der Waals surface area (Å²) in [5.74, 6) is -0.292. The molecule has 2 amide bonds. The van der Waals surface area contributed by atoms with Crippen molar-refractivity contribution in [3.63, 3.8) is 0 Å². The van der Waals surface area contributed by atoms with Crippen molar-refractivity contribution in [2.24, 2.45) is 0 Å². The van der Waals surface area contributed by atoms with E-state index in [0.717, 1.165) is 13.0 Å². The summed E-state index contributed by atoms with van der Waals surface area (Å²) in [5.41, 5.74) is 1.00. The van der Waals surface area contributed by atoms with Crippen LogP contribution >= 0.6 is 11.6 Å². The molecule has 2 rings (SSSR count). The molecule has 0 aromatic heterocycles. The van der Waals surface area contributed by atoms with Gasteiger partial charge in [0.15, 0.2) is 0 Å². The number of amides is 2. The summed E-state index contributed by atoms with van der Waals surface area (Å²) >= 11 is 6.18. The zero-order valence-corrected chi connectivity index (χ0v) is 15.9. The second-order valence-electron chi connectivity index (χ2n) is 6.71. The highest BCUT2D eigenvalue weighted by molar-refractivity contribution is 6.34. The monoisotopic (exact) mass is 365 g/mol. The zero-order valence-electron chi connectivity index (χ0n) is 15.2. The molecule has 1 fully saturated rings. The molecule has 0 bridgehead atoms. The fourth-order valence-electron chi connectivity index (χ4n) is 3.17. The number of halogens is 1. The number of carbonyl (C=O) groups excluding carboxylic acids is 2. The molecule has 1 aliphatic heterocycles. The van der Waals surface area contributed by atoms with E-state index in [1.54, 1.807) is 30.1 Å². The summed E-state index contributed by atoms with van der Waals surface area (Å²) in [6.45, 7) is 5.49. The fourth-order valence-corrected chi connectivity index (χ4v) is 3.37. The highest BCUT2D eigenvalue weighted by atomic mass is 35.5. The molecule has 0 saturated carbocycles. The van der Waals surface area contributed by atoms with Crippen LogP contribution in [0.25, 0.3) is 0 Å². The van der Waals surface area contributed by atoms with Gasteiger partial charge in [0.05, 0.1) is 10.6 Å². The van der Waals surface area contributed by atoms with Crippen molar-refractivity contribution in [1.82, 2.24) is 9.80 Å². The van der Waals surface area contributed by atoms with Crippen LogP contribution in [0.1, 0.15) is 49.4 Å². The van der Waals surface area contributed by atoms with Crippen molar-refractivity contribution in [1.29, 1.82) is 0 Å². The van der Waals surface area contributed by atoms with Crippen LogP contribution in [0.4, 0.5) is 5.69 Å². The minimum Gasteiger partial charge on any atom is -0.342 e. The number of hydrogen-bond acceptors (Lipinski definition) is 3. The van der Waals surface area contributed by atoms with E-state index in [-0.39, 0.29) is 11.8 Å². The Morgan fingerprint density at radius 2 is 1.88 bits per heavy atom. The minimum absolute atomic E-state index is 0.118. The third-order valence-electron chi connectivity index (χ3n) is 4.53. The van der Waals surface area contributed by atoms with Gasteiger partial charge in [0.25, 0.3) is 5.91 Å². The van der Waals surface area contributed by atoms with Gasteiger partial charge in [-0.15, -0.1) is 0 Å². The lowest BCUT2D eigenvalue weighted by Crippen LogP contribution is -2.32. The van der Waals surface area contributed by atoms with E-state index in [2.05, 4.69) is 10.2 Å². The first kappa shape index (κ1) is 19.7. The van der Waals surface area contributed by atoms with Crippen molar-refractivity contribution >= 4 is 29.1 Å². The van der Waals surface area contributed by atoms with E-state index in [9.17, 15) is 9.59 Å². The molecule has 138 valence electrons. The van der Waals surface area contributed by atoms with Gasteiger partial charge in [-0.25, -0.2) is 0 Å². The van der Waals surface area contributed by atoms with E-state index in [4.69, 9.17) is 11.6 Å². The average molecular weight is 366 g/mol. The van der Waals surface area contributed by atoms with Crippen LogP contribution in [0.2, 0.25) is 5.02 Å². The third kappa shape index (κ3) is 6.33. The zero-order chi connectivity index (χ0) is 18.2. The van der Waals surface area contributed by atoms with E-state index in [1.807, 2.05) is 0 Å². The molecule has 1 heterocycles. The number of hydrogen-bond donors (Lipinski definition) is 1. The summed E-state index contributed by atoms with van der Waals surface area (Å²) < 4.78 is 0. The van der Waals surface area contributed by atoms with Gasteiger partial charge in [-0.1, -0.05) is 24.4 Å². The number of nitrogens with zero attached hydrogens (tertiary/aromatic N) is 2. The molecule has 25 heavy (non-hydrogen) atoms.